The average Bonchev–Trinajstić information content (AvgIpc) is 2.82. The molecule has 0 saturated carbocycles. The lowest BCUT2D eigenvalue weighted by Gasteiger charge is -2.48. The predicted octanol–water partition coefficient (Wildman–Crippen LogP) is 6.97. The molecule has 0 amide bonds. The summed E-state index contributed by atoms with van der Waals surface area (Å²) in [6.07, 6.45) is 0.762. The Morgan fingerprint density at radius 2 is 1.71 bits per heavy atom. The predicted molar refractivity (Wildman–Crippen MR) is 146 cm³/mol. The van der Waals surface area contributed by atoms with Gasteiger partial charge >= 0.3 is 0 Å². The van der Waals surface area contributed by atoms with Gasteiger partial charge in [-0.3, -0.25) is 9.93 Å². The van der Waals surface area contributed by atoms with E-state index in [4.69, 9.17) is 5.14 Å². The second kappa shape index (κ2) is 9.53. The van der Waals surface area contributed by atoms with Crippen molar-refractivity contribution in [3.8, 4) is 0 Å². The highest BCUT2D eigenvalue weighted by atomic mass is 32.3. The molecule has 34 heavy (non-hydrogen) atoms. The molecule has 3 nitrogen and oxygen atoms in total. The van der Waals surface area contributed by atoms with Crippen LogP contribution < -0.4 is 5.14 Å². The van der Waals surface area contributed by atoms with Crippen molar-refractivity contribution in [1.29, 1.82) is 0 Å². The van der Waals surface area contributed by atoms with Crippen LogP contribution in [0.2, 0.25) is 0 Å². The Hall–Kier alpha value is -2.66. The van der Waals surface area contributed by atoms with Gasteiger partial charge in [0, 0.05) is 34.2 Å². The van der Waals surface area contributed by atoms with E-state index < -0.39 is 10.2 Å². The molecule has 2 atom stereocenters. The van der Waals surface area contributed by atoms with Crippen LogP contribution in [0.3, 0.4) is 0 Å². The van der Waals surface area contributed by atoms with Crippen LogP contribution in [0.1, 0.15) is 70.1 Å². The van der Waals surface area contributed by atoms with Crippen LogP contribution in [-0.2, 0) is 13.0 Å². The minimum absolute atomic E-state index is 0.0626. The van der Waals surface area contributed by atoms with Gasteiger partial charge in [-0.15, -0.1) is 10.2 Å². The Morgan fingerprint density at radius 1 is 1.06 bits per heavy atom. The Kier molecular flexibility index (Phi) is 6.86. The Bertz CT molecular complexity index is 1210. The van der Waals surface area contributed by atoms with Gasteiger partial charge in [-0.25, -0.2) is 0 Å². The lowest BCUT2D eigenvalue weighted by atomic mass is 9.86. The number of nitrogens with two attached hydrogens (primary N) is 1. The number of nitrogens with zero attached hydrogens (tertiary/aromatic N) is 1. The first-order chi connectivity index (χ1) is 16.1. The van der Waals surface area contributed by atoms with Crippen molar-refractivity contribution < 1.29 is 4.79 Å². The first-order valence-electron chi connectivity index (χ1n) is 11.9. The van der Waals surface area contributed by atoms with Crippen LogP contribution in [0.4, 0.5) is 0 Å². The summed E-state index contributed by atoms with van der Waals surface area (Å²) in [5.74, 6) is 0.371. The monoisotopic (exact) mass is 472 g/mol. The molecule has 4 rings (SSSR count). The highest BCUT2D eigenvalue weighted by Crippen LogP contribution is 2.69. The lowest BCUT2D eigenvalue weighted by Crippen LogP contribution is -2.27. The van der Waals surface area contributed by atoms with Crippen LogP contribution >= 0.6 is 10.2 Å². The molecule has 0 aromatic heterocycles. The molecule has 3 aromatic carbocycles. The number of carbonyl (C=O) groups excluding carboxylic acids is 1. The molecular weight excluding hydrogens is 436 g/mol. The topological polar surface area (TPSA) is 46.3 Å². The zero-order valence-electron chi connectivity index (χ0n) is 21.0. The van der Waals surface area contributed by atoms with Crippen molar-refractivity contribution in [1.82, 2.24) is 4.90 Å². The zero-order chi connectivity index (χ0) is 24.6. The summed E-state index contributed by atoms with van der Waals surface area (Å²) < 4.78 is 0. The molecule has 2 N–H and O–H groups in total. The molecule has 178 valence electrons. The minimum atomic E-state index is -1.80. The van der Waals surface area contributed by atoms with Gasteiger partial charge in [0.05, 0.1) is 0 Å². The largest absolute Gasteiger partial charge is 0.305 e. The van der Waals surface area contributed by atoms with Crippen LogP contribution in [0.15, 0.2) is 83.1 Å². The van der Waals surface area contributed by atoms with E-state index in [1.165, 1.54) is 22.3 Å². The molecule has 3 aromatic rings. The van der Waals surface area contributed by atoms with Gasteiger partial charge in [-0.05, 0) is 78.4 Å². The van der Waals surface area contributed by atoms with Crippen LogP contribution in [-0.4, -0.2) is 24.8 Å². The number of hydrogen-bond donors (Lipinski definition) is 1. The first-order valence-corrected chi connectivity index (χ1v) is 13.7. The molecule has 0 fully saturated rings. The maximum Gasteiger partial charge on any atom is 0.193 e. The van der Waals surface area contributed by atoms with Gasteiger partial charge in [0.25, 0.3) is 0 Å². The quantitative estimate of drug-likeness (QED) is 0.394. The molecule has 2 unspecified atom stereocenters. The number of rotatable bonds is 6. The summed E-state index contributed by atoms with van der Waals surface area (Å²) in [5, 5.41) is 7.36. The van der Waals surface area contributed by atoms with E-state index in [1.807, 2.05) is 30.3 Å². The molecular formula is C30H36N2OS. The molecule has 0 bridgehead atoms. The Labute approximate surface area is 206 Å². The van der Waals surface area contributed by atoms with Crippen molar-refractivity contribution in [3.05, 3.63) is 112 Å². The Morgan fingerprint density at radius 3 is 2.29 bits per heavy atom. The van der Waals surface area contributed by atoms with E-state index in [0.29, 0.717) is 11.5 Å². The zero-order valence-corrected chi connectivity index (χ0v) is 21.8. The third-order valence-corrected chi connectivity index (χ3v) is 10.4. The number of ketones is 1. The Balaban J connectivity index is 1.81. The molecule has 0 saturated heterocycles. The third kappa shape index (κ3) is 4.38. The van der Waals surface area contributed by atoms with Gasteiger partial charge < -0.3 is 4.90 Å². The summed E-state index contributed by atoms with van der Waals surface area (Å²) in [7, 11) is 2.35. The van der Waals surface area contributed by atoms with E-state index in [-0.39, 0.29) is 11.0 Å². The smallest absolute Gasteiger partial charge is 0.193 e. The summed E-state index contributed by atoms with van der Waals surface area (Å²) >= 11 is 0. The van der Waals surface area contributed by atoms with Gasteiger partial charge in [0.2, 0.25) is 0 Å². The van der Waals surface area contributed by atoms with Crippen molar-refractivity contribution in [3.63, 3.8) is 0 Å². The number of allylic oxidation sites excluding steroid dienone is 1. The second-order valence-corrected chi connectivity index (χ2v) is 13.1. The number of carbonyl (C=O) groups is 1. The first kappa shape index (κ1) is 24.5. The van der Waals surface area contributed by atoms with Gasteiger partial charge in [-0.2, -0.15) is 0 Å². The molecule has 0 spiro atoms. The summed E-state index contributed by atoms with van der Waals surface area (Å²) in [6, 6.07) is 22.5. The van der Waals surface area contributed by atoms with Crippen molar-refractivity contribution in [2.45, 2.75) is 49.8 Å². The minimum Gasteiger partial charge on any atom is -0.305 e. The molecule has 1 aliphatic rings. The maximum absolute atomic E-state index is 13.4. The van der Waals surface area contributed by atoms with E-state index in [9.17, 15) is 4.79 Å². The van der Waals surface area contributed by atoms with E-state index in [1.54, 1.807) is 0 Å². The molecule has 1 aliphatic heterocycles. The summed E-state index contributed by atoms with van der Waals surface area (Å²) in [6.45, 7) is 12.0. The van der Waals surface area contributed by atoms with Gasteiger partial charge in [0.15, 0.2) is 5.78 Å². The third-order valence-electron chi connectivity index (χ3n) is 6.90. The molecule has 0 aliphatic carbocycles. The van der Waals surface area contributed by atoms with Gasteiger partial charge in [0.1, 0.15) is 0 Å². The summed E-state index contributed by atoms with van der Waals surface area (Å²) in [4.78, 5) is 17.8. The average molecular weight is 473 g/mol. The van der Waals surface area contributed by atoms with Crippen molar-refractivity contribution in [2.24, 2.45) is 5.14 Å². The number of benzene rings is 3. The fraction of sp³-hybridized carbons (Fsp3) is 0.300. The number of fused-ring (bicyclic) bond motifs is 1. The lowest BCUT2D eigenvalue weighted by molar-refractivity contribution is 0.103. The van der Waals surface area contributed by atoms with E-state index in [2.05, 4.69) is 82.7 Å². The molecule has 1 heterocycles. The highest BCUT2D eigenvalue weighted by molar-refractivity contribution is 8.35. The molecule has 4 heteroatoms. The van der Waals surface area contributed by atoms with Crippen molar-refractivity contribution >= 4 is 16.0 Å². The van der Waals surface area contributed by atoms with E-state index in [0.717, 1.165) is 28.3 Å². The second-order valence-electron chi connectivity index (χ2n) is 9.93. The normalized spacial score (nSPS) is 21.9. The fourth-order valence-electron chi connectivity index (χ4n) is 5.01. The van der Waals surface area contributed by atoms with Crippen LogP contribution in [0.5, 0.6) is 0 Å². The van der Waals surface area contributed by atoms with Crippen LogP contribution in [0.25, 0.3) is 0 Å². The fourth-order valence-corrected chi connectivity index (χ4v) is 7.83. The SMILES string of the molecule is C=C1Cc2c(C(C)C)cc(C(=O)c3ccccc3)cc2C(C)S1(N)c1ccc(CN(C)C)cc1. The van der Waals surface area contributed by atoms with Crippen molar-refractivity contribution in [2.75, 3.05) is 14.1 Å². The standard InChI is InChI=1S/C30H36N2OS/c1-20(2)27-17-25(30(33)24-10-8-7-9-11-24)18-28-22(4)34(31,21(3)16-29(27)28)26-14-12-23(13-15-26)19-32(5)6/h7-15,17-18,20,22H,3,16,19,31H2,1-2,4-6H3. The van der Waals surface area contributed by atoms with Crippen LogP contribution in [0, 0.1) is 0 Å². The molecule has 0 radical (unpaired) electrons. The maximum atomic E-state index is 13.4. The van der Waals surface area contributed by atoms with E-state index >= 15 is 0 Å². The highest BCUT2D eigenvalue weighted by Gasteiger charge is 2.39. The number of hydrogen-bond acceptors (Lipinski definition) is 3. The van der Waals surface area contributed by atoms with Gasteiger partial charge in [-0.1, -0.05) is 62.9 Å². The summed E-state index contributed by atoms with van der Waals surface area (Å²) in [5.41, 5.74) is 6.46.